The van der Waals surface area contributed by atoms with Crippen molar-refractivity contribution in [1.29, 1.82) is 0 Å². The Morgan fingerprint density at radius 1 is 1.33 bits per heavy atom. The molecule has 0 aliphatic heterocycles. The Morgan fingerprint density at radius 3 is 2.72 bits per heavy atom. The molecule has 2 rings (SSSR count). The zero-order valence-corrected chi connectivity index (χ0v) is 13.1. The van der Waals surface area contributed by atoms with Crippen LogP contribution < -0.4 is 5.32 Å². The maximum Gasteiger partial charge on any atom is 0.0285 e. The molecule has 0 saturated heterocycles. The van der Waals surface area contributed by atoms with Gasteiger partial charge >= 0.3 is 0 Å². The fourth-order valence-corrected chi connectivity index (χ4v) is 3.82. The Kier molecular flexibility index (Phi) is 4.98. The van der Waals surface area contributed by atoms with E-state index in [1.807, 2.05) is 18.4 Å². The molecule has 2 aromatic rings. The van der Waals surface area contributed by atoms with Crippen molar-refractivity contribution < 1.29 is 0 Å². The highest BCUT2D eigenvalue weighted by Crippen LogP contribution is 2.28. The highest BCUT2D eigenvalue weighted by Gasteiger charge is 2.14. The van der Waals surface area contributed by atoms with Gasteiger partial charge in [-0.1, -0.05) is 24.3 Å². The molecule has 1 unspecified atom stereocenters. The normalized spacial score (nSPS) is 12.6. The van der Waals surface area contributed by atoms with Gasteiger partial charge in [0.1, 0.15) is 0 Å². The number of thiophene rings is 1. The SMILES string of the molecule is CNCC(Cc1cc(Br)cs1)c1ccccc1C. The molecule has 0 fully saturated rings. The standard InChI is InChI=1S/C15H18BrNS/c1-11-5-3-4-6-15(11)12(9-17-2)7-14-8-13(16)10-18-14/h3-6,8,10,12,17H,7,9H2,1-2H3. The zero-order chi connectivity index (χ0) is 13.0. The third kappa shape index (κ3) is 3.44. The lowest BCUT2D eigenvalue weighted by Crippen LogP contribution is -2.19. The molecule has 1 nitrogen and oxygen atoms in total. The minimum Gasteiger partial charge on any atom is -0.319 e. The van der Waals surface area contributed by atoms with Crippen molar-refractivity contribution in [3.05, 3.63) is 56.2 Å². The predicted octanol–water partition coefficient (Wildman–Crippen LogP) is 4.36. The van der Waals surface area contributed by atoms with Crippen molar-refractivity contribution in [2.45, 2.75) is 19.3 Å². The number of rotatable bonds is 5. The summed E-state index contributed by atoms with van der Waals surface area (Å²) in [4.78, 5) is 1.44. The highest BCUT2D eigenvalue weighted by molar-refractivity contribution is 9.10. The number of nitrogens with one attached hydrogen (secondary N) is 1. The summed E-state index contributed by atoms with van der Waals surface area (Å²) in [5, 5.41) is 5.47. The van der Waals surface area contributed by atoms with Gasteiger partial charge < -0.3 is 5.32 Å². The van der Waals surface area contributed by atoms with E-state index in [1.165, 1.54) is 20.5 Å². The van der Waals surface area contributed by atoms with E-state index in [4.69, 9.17) is 0 Å². The first kappa shape index (κ1) is 13.8. The fourth-order valence-electron chi connectivity index (χ4n) is 2.29. The Labute approximate surface area is 121 Å². The summed E-state index contributed by atoms with van der Waals surface area (Å²) in [5.41, 5.74) is 2.84. The largest absolute Gasteiger partial charge is 0.319 e. The molecule has 0 aliphatic rings. The van der Waals surface area contributed by atoms with Crippen LogP contribution in [0.25, 0.3) is 0 Å². The van der Waals surface area contributed by atoms with E-state index < -0.39 is 0 Å². The monoisotopic (exact) mass is 323 g/mol. The molecular weight excluding hydrogens is 306 g/mol. The molecule has 1 aromatic carbocycles. The average molecular weight is 324 g/mol. The van der Waals surface area contributed by atoms with Gasteiger partial charge in [0.25, 0.3) is 0 Å². The van der Waals surface area contributed by atoms with Gasteiger partial charge in [0.15, 0.2) is 0 Å². The lowest BCUT2D eigenvalue weighted by molar-refractivity contribution is 0.627. The van der Waals surface area contributed by atoms with E-state index in [9.17, 15) is 0 Å². The Hall–Kier alpha value is -0.640. The first-order valence-electron chi connectivity index (χ1n) is 6.13. The molecular formula is C15H18BrNS. The molecule has 1 atom stereocenters. The van der Waals surface area contributed by atoms with Crippen LogP contribution in [0.1, 0.15) is 21.9 Å². The Bertz CT molecular complexity index is 507. The zero-order valence-electron chi connectivity index (χ0n) is 10.7. The van der Waals surface area contributed by atoms with Crippen LogP contribution in [0.5, 0.6) is 0 Å². The van der Waals surface area contributed by atoms with Crippen LogP contribution in [0.3, 0.4) is 0 Å². The fraction of sp³-hybridized carbons (Fsp3) is 0.333. The van der Waals surface area contributed by atoms with E-state index in [-0.39, 0.29) is 0 Å². The van der Waals surface area contributed by atoms with Crippen molar-refractivity contribution in [2.75, 3.05) is 13.6 Å². The Balaban J connectivity index is 2.20. The molecule has 0 saturated carbocycles. The predicted molar refractivity (Wildman–Crippen MR) is 83.6 cm³/mol. The van der Waals surface area contributed by atoms with Gasteiger partial charge in [-0.25, -0.2) is 0 Å². The summed E-state index contributed by atoms with van der Waals surface area (Å²) in [6.07, 6.45) is 1.10. The number of halogens is 1. The molecule has 3 heteroatoms. The second-order valence-electron chi connectivity index (χ2n) is 4.55. The summed E-state index contributed by atoms with van der Waals surface area (Å²) in [6.45, 7) is 3.21. The van der Waals surface area contributed by atoms with Crippen molar-refractivity contribution in [3.8, 4) is 0 Å². The van der Waals surface area contributed by atoms with Crippen molar-refractivity contribution in [3.63, 3.8) is 0 Å². The van der Waals surface area contributed by atoms with Gasteiger partial charge in [-0.3, -0.25) is 0 Å². The lowest BCUT2D eigenvalue weighted by Gasteiger charge is -2.18. The third-order valence-electron chi connectivity index (χ3n) is 3.15. The molecule has 0 bridgehead atoms. The van der Waals surface area contributed by atoms with Gasteiger partial charge in [-0.05, 0) is 53.5 Å². The highest BCUT2D eigenvalue weighted by atomic mass is 79.9. The summed E-state index contributed by atoms with van der Waals surface area (Å²) in [5.74, 6) is 0.543. The molecule has 1 aromatic heterocycles. The van der Waals surface area contributed by atoms with Gasteiger partial charge in [0.2, 0.25) is 0 Å². The lowest BCUT2D eigenvalue weighted by atomic mass is 9.91. The van der Waals surface area contributed by atoms with Crippen LogP contribution in [-0.4, -0.2) is 13.6 Å². The first-order chi connectivity index (χ1) is 8.70. The second-order valence-corrected chi connectivity index (χ2v) is 6.46. The van der Waals surface area contributed by atoms with Crippen LogP contribution in [0.4, 0.5) is 0 Å². The van der Waals surface area contributed by atoms with Crippen LogP contribution in [0.2, 0.25) is 0 Å². The quantitative estimate of drug-likeness (QED) is 0.861. The topological polar surface area (TPSA) is 12.0 Å². The number of hydrogen-bond acceptors (Lipinski definition) is 2. The average Bonchev–Trinajstić information content (AvgIpc) is 2.75. The summed E-state index contributed by atoms with van der Waals surface area (Å²) >= 11 is 5.36. The molecule has 96 valence electrons. The van der Waals surface area contributed by atoms with E-state index in [2.05, 4.69) is 63.9 Å². The van der Waals surface area contributed by atoms with Gasteiger partial charge in [0.05, 0.1) is 0 Å². The summed E-state index contributed by atoms with van der Waals surface area (Å²) in [6, 6.07) is 10.9. The van der Waals surface area contributed by atoms with Crippen molar-refractivity contribution in [2.24, 2.45) is 0 Å². The number of benzene rings is 1. The summed E-state index contributed by atoms with van der Waals surface area (Å²) in [7, 11) is 2.02. The first-order valence-corrected chi connectivity index (χ1v) is 7.81. The third-order valence-corrected chi connectivity index (χ3v) is 4.87. The minimum atomic E-state index is 0.543. The van der Waals surface area contributed by atoms with E-state index >= 15 is 0 Å². The Morgan fingerprint density at radius 2 is 2.11 bits per heavy atom. The van der Waals surface area contributed by atoms with Crippen molar-refractivity contribution in [1.82, 2.24) is 5.32 Å². The molecule has 1 heterocycles. The second kappa shape index (κ2) is 6.50. The van der Waals surface area contributed by atoms with Crippen LogP contribution in [0, 0.1) is 6.92 Å². The molecule has 18 heavy (non-hydrogen) atoms. The maximum absolute atomic E-state index is 3.53. The van der Waals surface area contributed by atoms with Gasteiger partial charge in [-0.2, -0.15) is 0 Å². The minimum absolute atomic E-state index is 0.543. The number of hydrogen-bond donors (Lipinski definition) is 1. The van der Waals surface area contributed by atoms with Crippen molar-refractivity contribution >= 4 is 27.3 Å². The number of likely N-dealkylation sites (N-methyl/N-ethyl adjacent to an activating group) is 1. The molecule has 0 spiro atoms. The number of aryl methyl sites for hydroxylation is 1. The van der Waals surface area contributed by atoms with Crippen LogP contribution in [0.15, 0.2) is 40.2 Å². The molecule has 0 aliphatic carbocycles. The summed E-state index contributed by atoms with van der Waals surface area (Å²) < 4.78 is 1.19. The molecule has 0 radical (unpaired) electrons. The smallest absolute Gasteiger partial charge is 0.0285 e. The van der Waals surface area contributed by atoms with E-state index in [0.29, 0.717) is 5.92 Å². The molecule has 1 N–H and O–H groups in total. The van der Waals surface area contributed by atoms with Gasteiger partial charge in [-0.15, -0.1) is 11.3 Å². The van der Waals surface area contributed by atoms with Crippen LogP contribution in [-0.2, 0) is 6.42 Å². The van der Waals surface area contributed by atoms with Gasteiger partial charge in [0, 0.05) is 27.2 Å². The van der Waals surface area contributed by atoms with E-state index in [0.717, 1.165) is 13.0 Å². The maximum atomic E-state index is 3.53. The van der Waals surface area contributed by atoms with E-state index in [1.54, 1.807) is 0 Å². The molecule has 0 amide bonds. The van der Waals surface area contributed by atoms with Crippen LogP contribution >= 0.6 is 27.3 Å².